The number of carbonyl (C=O) groups excluding carboxylic acids is 1. The Morgan fingerprint density at radius 2 is 1.56 bits per heavy atom. The van der Waals surface area contributed by atoms with Crippen LogP contribution in [0.15, 0.2) is 29.8 Å². The Balaban J connectivity index is 1.04. The van der Waals surface area contributed by atoms with Gasteiger partial charge in [0.05, 0.1) is 26.4 Å². The SMILES string of the molecule is COc1ccc(C)c(C2CC3C4CC=C5CC(OC6O[C@H](CO)[C@@H](O[C@@H]7O[C@H](CO)[C@@H](O)[C@H](O)[C@H]7O)[C@H](O)[C@H]6O)CCC5(C)C4CCC3(C)C2C(C)=O)c1. The van der Waals surface area contributed by atoms with Crippen molar-refractivity contribution in [2.45, 2.75) is 146 Å². The Morgan fingerprint density at radius 1 is 0.870 bits per heavy atom. The number of methoxy groups -OCH3 is 1. The van der Waals surface area contributed by atoms with Crippen LogP contribution in [-0.2, 0) is 23.7 Å². The third-order valence-corrected chi connectivity index (χ3v) is 14.7. The predicted molar refractivity (Wildman–Crippen MR) is 193 cm³/mol. The van der Waals surface area contributed by atoms with Crippen LogP contribution in [0, 0.1) is 41.4 Å². The maximum absolute atomic E-state index is 13.5. The molecular weight excluding hydrogens is 700 g/mol. The van der Waals surface area contributed by atoms with E-state index in [-0.39, 0.29) is 34.6 Å². The fraction of sp³-hybridized carbons (Fsp3) is 0.780. The average Bonchev–Trinajstić information content (AvgIpc) is 3.48. The molecule has 9 unspecified atom stereocenters. The van der Waals surface area contributed by atoms with E-state index in [0.717, 1.165) is 37.9 Å². The van der Waals surface area contributed by atoms with Gasteiger partial charge in [-0.1, -0.05) is 31.6 Å². The first-order valence-electron chi connectivity index (χ1n) is 19.7. The molecule has 7 rings (SSSR count). The van der Waals surface area contributed by atoms with E-state index in [1.54, 1.807) is 14.0 Å². The molecule has 1 aromatic rings. The number of hydrogen-bond acceptors (Lipinski definition) is 13. The van der Waals surface area contributed by atoms with Gasteiger partial charge in [0.2, 0.25) is 0 Å². The van der Waals surface area contributed by atoms with E-state index in [4.69, 9.17) is 23.7 Å². The number of benzene rings is 1. The molecule has 6 aliphatic rings. The molecule has 0 aromatic heterocycles. The lowest BCUT2D eigenvalue weighted by Gasteiger charge is -2.58. The van der Waals surface area contributed by atoms with E-state index in [0.29, 0.717) is 30.6 Å². The number of carbonyl (C=O) groups is 1. The van der Waals surface area contributed by atoms with E-state index in [1.165, 1.54) is 16.7 Å². The summed E-state index contributed by atoms with van der Waals surface area (Å²) in [6, 6.07) is 6.23. The standard InChI is InChI=1S/C41H60O13/c1-19-6-8-22(50-5)15-25(19)26-16-28-24-9-7-21-14-23(10-12-40(21,3)27(24)11-13-41(28,4)31(26)20(2)44)51-38-36(49)34(47)37(30(18-43)53-38)54-39-35(48)33(46)32(45)29(17-42)52-39/h6-8,15,23-24,26-39,42-43,45-49H,9-14,16-18H2,1-5H3/t23?,24?,26?,27?,28?,29-,30-,31?,32-,33+,34-,35-,36-,37-,38?,39+,40?,41?/m1/s1. The molecule has 2 saturated heterocycles. The second kappa shape index (κ2) is 15.4. The van der Waals surface area contributed by atoms with E-state index >= 15 is 0 Å². The summed E-state index contributed by atoms with van der Waals surface area (Å²) in [5.41, 5.74) is 3.63. The van der Waals surface area contributed by atoms with Crippen LogP contribution in [0.4, 0.5) is 0 Å². The molecule has 1 aromatic carbocycles. The minimum absolute atomic E-state index is 0.0384. The Bertz CT molecular complexity index is 1550. The lowest BCUT2D eigenvalue weighted by molar-refractivity contribution is -0.363. The molecule has 7 N–H and O–H groups in total. The fourth-order valence-corrected chi connectivity index (χ4v) is 11.8. The monoisotopic (exact) mass is 760 g/mol. The Labute approximate surface area is 317 Å². The summed E-state index contributed by atoms with van der Waals surface area (Å²) in [5.74, 6) is 2.53. The third kappa shape index (κ3) is 6.68. The topological polar surface area (TPSA) is 205 Å². The van der Waals surface area contributed by atoms with Crippen molar-refractivity contribution in [3.63, 3.8) is 0 Å². The van der Waals surface area contributed by atoms with E-state index < -0.39 is 74.6 Å². The second-order valence-corrected chi connectivity index (χ2v) is 17.5. The number of aliphatic hydroxyl groups is 7. The summed E-state index contributed by atoms with van der Waals surface area (Å²) in [5, 5.41) is 72.8. The van der Waals surface area contributed by atoms with Crippen LogP contribution < -0.4 is 4.74 Å². The highest BCUT2D eigenvalue weighted by molar-refractivity contribution is 5.81. The second-order valence-electron chi connectivity index (χ2n) is 17.5. The van der Waals surface area contributed by atoms with Crippen LogP contribution in [0.2, 0.25) is 0 Å². The summed E-state index contributed by atoms with van der Waals surface area (Å²) < 4.78 is 29.0. The molecule has 13 nitrogen and oxygen atoms in total. The van der Waals surface area contributed by atoms with Crippen molar-refractivity contribution in [3.05, 3.63) is 41.0 Å². The van der Waals surface area contributed by atoms with Crippen molar-refractivity contribution in [1.82, 2.24) is 0 Å². The highest BCUT2D eigenvalue weighted by Gasteiger charge is 2.62. The summed E-state index contributed by atoms with van der Waals surface area (Å²) >= 11 is 0. The van der Waals surface area contributed by atoms with Gasteiger partial charge in [0.1, 0.15) is 60.4 Å². The highest BCUT2D eigenvalue weighted by atomic mass is 16.7. The van der Waals surface area contributed by atoms with Crippen LogP contribution in [0.25, 0.3) is 0 Å². The zero-order valence-electron chi connectivity index (χ0n) is 32.0. The van der Waals surface area contributed by atoms with Gasteiger partial charge in [0.15, 0.2) is 12.6 Å². The van der Waals surface area contributed by atoms with Crippen molar-refractivity contribution < 1.29 is 64.2 Å². The number of aliphatic hydroxyl groups excluding tert-OH is 7. The van der Waals surface area contributed by atoms with Crippen molar-refractivity contribution >= 4 is 5.78 Å². The van der Waals surface area contributed by atoms with Crippen LogP contribution in [0.3, 0.4) is 0 Å². The van der Waals surface area contributed by atoms with E-state index in [9.17, 15) is 40.5 Å². The molecule has 5 fully saturated rings. The van der Waals surface area contributed by atoms with Crippen LogP contribution >= 0.6 is 0 Å². The number of hydrogen-bond donors (Lipinski definition) is 7. The molecule has 302 valence electrons. The summed E-state index contributed by atoms with van der Waals surface area (Å²) in [7, 11) is 1.69. The average molecular weight is 761 g/mol. The first kappa shape index (κ1) is 40.2. The first-order chi connectivity index (χ1) is 25.7. The quantitative estimate of drug-likeness (QED) is 0.180. The smallest absolute Gasteiger partial charge is 0.187 e. The van der Waals surface area contributed by atoms with E-state index in [1.807, 2.05) is 6.07 Å². The van der Waals surface area contributed by atoms with Gasteiger partial charge in [0, 0.05) is 5.92 Å². The minimum Gasteiger partial charge on any atom is -0.497 e. The van der Waals surface area contributed by atoms with Gasteiger partial charge in [-0.15, -0.1) is 0 Å². The van der Waals surface area contributed by atoms with Gasteiger partial charge < -0.3 is 59.4 Å². The molecule has 3 saturated carbocycles. The molecule has 0 bridgehead atoms. The zero-order chi connectivity index (χ0) is 38.9. The van der Waals surface area contributed by atoms with Gasteiger partial charge in [-0.25, -0.2) is 0 Å². The maximum Gasteiger partial charge on any atom is 0.187 e. The Morgan fingerprint density at radius 3 is 2.24 bits per heavy atom. The zero-order valence-corrected chi connectivity index (χ0v) is 32.0. The van der Waals surface area contributed by atoms with E-state index in [2.05, 4.69) is 39.0 Å². The minimum atomic E-state index is -1.74. The van der Waals surface area contributed by atoms with Crippen molar-refractivity contribution in [2.24, 2.45) is 34.5 Å². The number of aryl methyl sites for hydroxylation is 1. The molecule has 0 radical (unpaired) electrons. The van der Waals surface area contributed by atoms with Crippen LogP contribution in [-0.4, -0.2) is 129 Å². The molecule has 0 spiro atoms. The largest absolute Gasteiger partial charge is 0.497 e. The molecule has 18 atom stereocenters. The number of Topliss-reactive ketones (excluding diaryl/α,β-unsaturated/α-hetero) is 1. The Kier molecular flexibility index (Phi) is 11.5. The summed E-state index contributed by atoms with van der Waals surface area (Å²) in [6.07, 6.45) is -6.63. The normalized spacial score (nSPS) is 47.6. The van der Waals surface area contributed by atoms with Crippen LogP contribution in [0.5, 0.6) is 5.75 Å². The van der Waals surface area contributed by atoms with Gasteiger partial charge >= 0.3 is 0 Å². The predicted octanol–water partition coefficient (Wildman–Crippen LogP) is 1.87. The van der Waals surface area contributed by atoms with Crippen molar-refractivity contribution in [2.75, 3.05) is 20.3 Å². The van der Waals surface area contributed by atoms with Gasteiger partial charge in [-0.2, -0.15) is 0 Å². The summed E-state index contributed by atoms with van der Waals surface area (Å²) in [6.45, 7) is 7.37. The molecular formula is C41H60O13. The van der Waals surface area contributed by atoms with Crippen LogP contribution in [0.1, 0.15) is 82.8 Å². The van der Waals surface area contributed by atoms with Gasteiger partial charge in [0.25, 0.3) is 0 Å². The van der Waals surface area contributed by atoms with Gasteiger partial charge in [-0.3, -0.25) is 4.79 Å². The number of allylic oxidation sites excluding steroid dienone is 1. The molecule has 13 heteroatoms. The first-order valence-corrected chi connectivity index (χ1v) is 19.7. The lowest BCUT2D eigenvalue weighted by Crippen LogP contribution is -2.65. The molecule has 54 heavy (non-hydrogen) atoms. The summed E-state index contributed by atoms with van der Waals surface area (Å²) in [4.78, 5) is 13.5. The number of rotatable bonds is 9. The number of fused-ring (bicyclic) bond motifs is 5. The third-order valence-electron chi connectivity index (χ3n) is 14.7. The highest BCUT2D eigenvalue weighted by Crippen LogP contribution is 2.69. The van der Waals surface area contributed by atoms with Gasteiger partial charge in [-0.05, 0) is 117 Å². The van der Waals surface area contributed by atoms with Crippen molar-refractivity contribution in [3.8, 4) is 5.75 Å². The number of ketones is 1. The molecule has 2 aliphatic heterocycles. The number of ether oxygens (including phenoxy) is 5. The fourth-order valence-electron chi connectivity index (χ4n) is 11.8. The maximum atomic E-state index is 13.5. The lowest BCUT2D eigenvalue weighted by atomic mass is 9.47. The Hall–Kier alpha value is -2.01. The van der Waals surface area contributed by atoms with Crippen molar-refractivity contribution in [1.29, 1.82) is 0 Å². The molecule has 4 aliphatic carbocycles. The molecule has 2 heterocycles. The molecule has 0 amide bonds.